The number of benzene rings is 1. The van der Waals surface area contributed by atoms with Gasteiger partial charge in [-0.25, -0.2) is 0 Å². The minimum absolute atomic E-state index is 0.0411. The van der Waals surface area contributed by atoms with Crippen LogP contribution in [0.25, 0.3) is 0 Å². The van der Waals surface area contributed by atoms with E-state index < -0.39 is 5.60 Å². The summed E-state index contributed by atoms with van der Waals surface area (Å²) in [5.74, 6) is 0.0411. The quantitative estimate of drug-likeness (QED) is 0.650. The van der Waals surface area contributed by atoms with Gasteiger partial charge >= 0.3 is 0 Å². The van der Waals surface area contributed by atoms with Crippen molar-refractivity contribution in [2.45, 2.75) is 44.2 Å². The van der Waals surface area contributed by atoms with Crippen molar-refractivity contribution in [3.63, 3.8) is 0 Å². The van der Waals surface area contributed by atoms with Crippen molar-refractivity contribution >= 4 is 11.6 Å². The first-order valence-electron chi connectivity index (χ1n) is 8.91. The van der Waals surface area contributed by atoms with Crippen LogP contribution in [0.5, 0.6) is 0 Å². The van der Waals surface area contributed by atoms with Gasteiger partial charge in [-0.05, 0) is 18.4 Å². The van der Waals surface area contributed by atoms with E-state index in [0.717, 1.165) is 44.3 Å². The molecule has 1 saturated heterocycles. The van der Waals surface area contributed by atoms with Crippen molar-refractivity contribution in [1.29, 1.82) is 0 Å². The second-order valence-corrected chi connectivity index (χ2v) is 7.19. The molecule has 2 fully saturated rings. The maximum absolute atomic E-state index is 12.4. The molecule has 1 aromatic rings. The van der Waals surface area contributed by atoms with E-state index in [-0.39, 0.29) is 22.9 Å². The van der Waals surface area contributed by atoms with E-state index in [4.69, 9.17) is 0 Å². The summed E-state index contributed by atoms with van der Waals surface area (Å²) in [5.41, 5.74) is 0.224. The molecule has 7 heteroatoms. The number of piperazine rings is 1. The summed E-state index contributed by atoms with van der Waals surface area (Å²) in [6.07, 6.45) is 3.69. The molecule has 2 aliphatic rings. The van der Waals surface area contributed by atoms with Crippen LogP contribution in [0.1, 0.15) is 37.7 Å². The highest BCUT2D eigenvalue weighted by Crippen LogP contribution is 2.32. The van der Waals surface area contributed by atoms with Crippen LogP contribution in [0, 0.1) is 10.1 Å². The number of carbonyl (C=O) groups is 1. The Balaban J connectivity index is 1.49. The largest absolute Gasteiger partial charge is 0.389 e. The van der Waals surface area contributed by atoms with Crippen LogP contribution in [-0.4, -0.2) is 57.5 Å². The zero-order valence-electron chi connectivity index (χ0n) is 14.4. The third-order valence-corrected chi connectivity index (χ3v) is 5.27. The molecule has 0 atom stereocenters. The summed E-state index contributed by atoms with van der Waals surface area (Å²) in [4.78, 5) is 26.9. The van der Waals surface area contributed by atoms with Gasteiger partial charge in [0.15, 0.2) is 0 Å². The van der Waals surface area contributed by atoms with E-state index in [2.05, 4.69) is 4.90 Å². The van der Waals surface area contributed by atoms with Crippen LogP contribution in [0.4, 0.5) is 5.69 Å². The molecule has 1 saturated carbocycles. The Morgan fingerprint density at radius 2 is 1.88 bits per heavy atom. The number of hydrogen-bond donors (Lipinski definition) is 1. The number of amides is 1. The van der Waals surface area contributed by atoms with E-state index in [1.807, 2.05) is 11.0 Å². The predicted octanol–water partition coefficient (Wildman–Crippen LogP) is 1.93. The van der Waals surface area contributed by atoms with Crippen molar-refractivity contribution in [2.24, 2.45) is 0 Å². The summed E-state index contributed by atoms with van der Waals surface area (Å²) >= 11 is 0. The highest BCUT2D eigenvalue weighted by atomic mass is 16.6. The van der Waals surface area contributed by atoms with Crippen molar-refractivity contribution in [1.82, 2.24) is 9.80 Å². The first-order valence-corrected chi connectivity index (χ1v) is 8.91. The lowest BCUT2D eigenvalue weighted by atomic mass is 9.97. The lowest BCUT2D eigenvalue weighted by Gasteiger charge is -2.36. The minimum Gasteiger partial charge on any atom is -0.389 e. The van der Waals surface area contributed by atoms with Gasteiger partial charge in [0.25, 0.3) is 5.69 Å². The molecular formula is C18H25N3O4. The van der Waals surface area contributed by atoms with Crippen molar-refractivity contribution < 1.29 is 14.8 Å². The number of rotatable bonds is 5. The van der Waals surface area contributed by atoms with Gasteiger partial charge in [0.2, 0.25) is 5.91 Å². The normalized spacial score (nSPS) is 20.6. The van der Waals surface area contributed by atoms with Crippen LogP contribution < -0.4 is 0 Å². The van der Waals surface area contributed by atoms with E-state index in [1.165, 1.54) is 6.07 Å². The topological polar surface area (TPSA) is 86.9 Å². The first-order chi connectivity index (χ1) is 12.0. The number of nitro groups is 1. The Bertz CT molecular complexity index is 635. The Morgan fingerprint density at radius 1 is 1.20 bits per heavy atom. The summed E-state index contributed by atoms with van der Waals surface area (Å²) in [5, 5.41) is 21.3. The Kier molecular flexibility index (Phi) is 5.34. The van der Waals surface area contributed by atoms with E-state index in [0.29, 0.717) is 19.6 Å². The molecule has 0 aromatic heterocycles. The molecule has 0 spiro atoms. The van der Waals surface area contributed by atoms with E-state index >= 15 is 0 Å². The van der Waals surface area contributed by atoms with Gasteiger partial charge in [-0.15, -0.1) is 0 Å². The fourth-order valence-corrected chi connectivity index (χ4v) is 3.79. The Labute approximate surface area is 147 Å². The summed E-state index contributed by atoms with van der Waals surface area (Å²) in [6, 6.07) is 6.69. The van der Waals surface area contributed by atoms with E-state index in [1.54, 1.807) is 12.1 Å². The Morgan fingerprint density at radius 3 is 2.52 bits per heavy atom. The van der Waals surface area contributed by atoms with Gasteiger partial charge in [0.1, 0.15) is 0 Å². The maximum atomic E-state index is 12.4. The van der Waals surface area contributed by atoms with Crippen molar-refractivity contribution in [3.8, 4) is 0 Å². The minimum atomic E-state index is -0.794. The van der Waals surface area contributed by atoms with Gasteiger partial charge in [-0.3, -0.25) is 19.8 Å². The summed E-state index contributed by atoms with van der Waals surface area (Å²) < 4.78 is 0. The molecule has 1 aliphatic heterocycles. The SMILES string of the molecule is O=C(CC1(O)CCCC1)N1CCN(Cc2cccc([N+](=O)[O-])c2)CC1. The number of non-ortho nitro benzene ring substituents is 1. The second-order valence-electron chi connectivity index (χ2n) is 7.19. The van der Waals surface area contributed by atoms with Crippen LogP contribution in [0.3, 0.4) is 0 Å². The zero-order chi connectivity index (χ0) is 17.9. The molecular weight excluding hydrogens is 322 g/mol. The molecule has 0 radical (unpaired) electrons. The molecule has 0 unspecified atom stereocenters. The average Bonchev–Trinajstić information content (AvgIpc) is 3.02. The first kappa shape index (κ1) is 17.8. The standard InChI is InChI=1S/C18H25N3O4/c22-17(13-18(23)6-1-2-7-18)20-10-8-19(9-11-20)14-15-4-3-5-16(12-15)21(24)25/h3-5,12,23H,1-2,6-11,13-14H2. The molecule has 1 aliphatic carbocycles. The zero-order valence-corrected chi connectivity index (χ0v) is 14.4. The second kappa shape index (κ2) is 7.49. The molecule has 1 aromatic carbocycles. The van der Waals surface area contributed by atoms with Crippen LogP contribution in [-0.2, 0) is 11.3 Å². The van der Waals surface area contributed by atoms with E-state index in [9.17, 15) is 20.0 Å². The van der Waals surface area contributed by atoms with Gasteiger partial charge < -0.3 is 10.0 Å². The number of nitro benzene ring substituents is 1. The summed E-state index contributed by atoms with van der Waals surface area (Å²) in [6.45, 7) is 3.42. The molecule has 136 valence electrons. The van der Waals surface area contributed by atoms with Crippen LogP contribution in [0.15, 0.2) is 24.3 Å². The van der Waals surface area contributed by atoms with Crippen molar-refractivity contribution in [3.05, 3.63) is 39.9 Å². The molecule has 1 amide bonds. The monoisotopic (exact) mass is 347 g/mol. The van der Waals surface area contributed by atoms with Gasteiger partial charge in [0.05, 0.1) is 16.9 Å². The molecule has 1 heterocycles. The maximum Gasteiger partial charge on any atom is 0.269 e. The fourth-order valence-electron chi connectivity index (χ4n) is 3.79. The number of hydrogen-bond acceptors (Lipinski definition) is 5. The molecule has 25 heavy (non-hydrogen) atoms. The van der Waals surface area contributed by atoms with Crippen molar-refractivity contribution in [2.75, 3.05) is 26.2 Å². The lowest BCUT2D eigenvalue weighted by Crippen LogP contribution is -2.49. The van der Waals surface area contributed by atoms with Gasteiger partial charge in [-0.1, -0.05) is 25.0 Å². The highest BCUT2D eigenvalue weighted by Gasteiger charge is 2.35. The number of nitrogens with zero attached hydrogens (tertiary/aromatic N) is 3. The lowest BCUT2D eigenvalue weighted by molar-refractivity contribution is -0.384. The highest BCUT2D eigenvalue weighted by molar-refractivity contribution is 5.77. The number of aliphatic hydroxyl groups is 1. The van der Waals surface area contributed by atoms with Crippen LogP contribution >= 0.6 is 0 Å². The smallest absolute Gasteiger partial charge is 0.269 e. The third-order valence-electron chi connectivity index (χ3n) is 5.27. The van der Waals surface area contributed by atoms with Gasteiger partial charge in [-0.2, -0.15) is 0 Å². The molecule has 3 rings (SSSR count). The number of carbonyl (C=O) groups excluding carboxylic acids is 1. The summed E-state index contributed by atoms with van der Waals surface area (Å²) in [7, 11) is 0. The third kappa shape index (κ3) is 4.55. The predicted molar refractivity (Wildman–Crippen MR) is 93.0 cm³/mol. The van der Waals surface area contributed by atoms with Crippen LogP contribution in [0.2, 0.25) is 0 Å². The molecule has 1 N–H and O–H groups in total. The molecule has 0 bridgehead atoms. The van der Waals surface area contributed by atoms with Gasteiger partial charge in [0, 0.05) is 44.9 Å². The fraction of sp³-hybridized carbons (Fsp3) is 0.611. The molecule has 7 nitrogen and oxygen atoms in total. The Hall–Kier alpha value is -1.99. The average molecular weight is 347 g/mol.